The quantitative estimate of drug-likeness (QED) is 0.331. The Balaban J connectivity index is 1.20. The van der Waals surface area contributed by atoms with Crippen molar-refractivity contribution in [2.45, 2.75) is 12.6 Å². The van der Waals surface area contributed by atoms with Crippen LogP contribution in [0.3, 0.4) is 0 Å². The van der Waals surface area contributed by atoms with E-state index < -0.39 is 11.9 Å². The first-order chi connectivity index (χ1) is 17.5. The summed E-state index contributed by atoms with van der Waals surface area (Å²) in [6.45, 7) is 6.63. The van der Waals surface area contributed by atoms with E-state index in [0.29, 0.717) is 28.8 Å². The molecular weight excluding hydrogens is 483 g/mol. The highest BCUT2D eigenvalue weighted by atomic mass is 32.1. The third-order valence-electron chi connectivity index (χ3n) is 6.60. The average molecular weight is 512 g/mol. The predicted molar refractivity (Wildman–Crippen MR) is 139 cm³/mol. The van der Waals surface area contributed by atoms with E-state index in [2.05, 4.69) is 49.4 Å². The first-order valence-electron chi connectivity index (χ1n) is 12.1. The second kappa shape index (κ2) is 10.9. The van der Waals surface area contributed by atoms with Crippen LogP contribution in [-0.4, -0.2) is 65.6 Å². The summed E-state index contributed by atoms with van der Waals surface area (Å²) in [6, 6.07) is 14.9. The lowest BCUT2D eigenvalue weighted by molar-refractivity contribution is -0.140. The molecule has 1 N–H and O–H groups in total. The van der Waals surface area contributed by atoms with E-state index >= 15 is 0 Å². The summed E-state index contributed by atoms with van der Waals surface area (Å²) in [5, 5.41) is 7.72. The number of nitrogens with zero attached hydrogens (tertiary/aromatic N) is 4. The van der Waals surface area contributed by atoms with Gasteiger partial charge in [0, 0.05) is 63.0 Å². The van der Waals surface area contributed by atoms with Crippen LogP contribution in [0, 0.1) is 0 Å². The zero-order valence-electron chi connectivity index (χ0n) is 19.8. The lowest BCUT2D eigenvalue weighted by atomic mass is 10.1. The molecule has 0 unspecified atom stereocenters. The van der Waals surface area contributed by atoms with Crippen LogP contribution in [0.2, 0.25) is 0 Å². The Bertz CT molecular complexity index is 1270. The van der Waals surface area contributed by atoms with Crippen molar-refractivity contribution in [3.05, 3.63) is 76.7 Å². The number of pyridine rings is 2. The fourth-order valence-electron chi connectivity index (χ4n) is 4.54. The molecule has 5 nitrogen and oxygen atoms in total. The molecule has 1 saturated heterocycles. The summed E-state index contributed by atoms with van der Waals surface area (Å²) < 4.78 is 40.1. The number of rotatable bonds is 8. The van der Waals surface area contributed by atoms with Crippen LogP contribution in [0.15, 0.2) is 65.5 Å². The summed E-state index contributed by atoms with van der Waals surface area (Å²) in [6.07, 6.45) is -1.82. The Morgan fingerprint density at radius 1 is 0.917 bits per heavy atom. The number of nitrogens with one attached hydrogen (secondary N) is 1. The number of alkyl halides is 3. The largest absolute Gasteiger partial charge is 0.433 e. The van der Waals surface area contributed by atoms with Crippen LogP contribution in [0.1, 0.15) is 11.3 Å². The van der Waals surface area contributed by atoms with E-state index in [1.807, 2.05) is 22.9 Å². The number of hydrogen-bond donors (Lipinski definition) is 1. The van der Waals surface area contributed by atoms with Gasteiger partial charge in [-0.2, -0.15) is 24.5 Å². The third kappa shape index (κ3) is 5.86. The molecule has 4 heterocycles. The van der Waals surface area contributed by atoms with Crippen molar-refractivity contribution in [2.75, 3.05) is 51.1 Å². The van der Waals surface area contributed by atoms with Gasteiger partial charge in [0.15, 0.2) is 0 Å². The predicted octanol–water partition coefficient (Wildman–Crippen LogP) is 5.65. The molecule has 1 aliphatic heterocycles. The topological polar surface area (TPSA) is 44.3 Å². The van der Waals surface area contributed by atoms with Gasteiger partial charge in [0.25, 0.3) is 0 Å². The monoisotopic (exact) mass is 511 g/mol. The summed E-state index contributed by atoms with van der Waals surface area (Å²) in [5.41, 5.74) is 2.21. The summed E-state index contributed by atoms with van der Waals surface area (Å²) in [7, 11) is 0. The highest BCUT2D eigenvalue weighted by Gasteiger charge is 2.33. The molecule has 9 heteroatoms. The van der Waals surface area contributed by atoms with Crippen LogP contribution < -0.4 is 5.32 Å². The summed E-state index contributed by atoms with van der Waals surface area (Å²) >= 11 is 1.49. The van der Waals surface area contributed by atoms with Crippen molar-refractivity contribution in [3.8, 4) is 11.1 Å². The lowest BCUT2D eigenvalue weighted by Crippen LogP contribution is -2.48. The Labute approximate surface area is 212 Å². The number of hydrogen-bond acceptors (Lipinski definition) is 6. The molecule has 188 valence electrons. The van der Waals surface area contributed by atoms with E-state index in [0.717, 1.165) is 57.3 Å². The van der Waals surface area contributed by atoms with E-state index in [1.54, 1.807) is 6.20 Å². The minimum atomic E-state index is -4.50. The van der Waals surface area contributed by atoms with E-state index in [4.69, 9.17) is 0 Å². The number of thiophene rings is 1. The molecule has 0 aliphatic carbocycles. The van der Waals surface area contributed by atoms with Gasteiger partial charge >= 0.3 is 6.18 Å². The summed E-state index contributed by atoms with van der Waals surface area (Å²) in [4.78, 5) is 13.5. The van der Waals surface area contributed by atoms with Crippen LogP contribution in [0.5, 0.6) is 0 Å². The van der Waals surface area contributed by atoms with Crippen molar-refractivity contribution in [1.29, 1.82) is 0 Å². The van der Waals surface area contributed by atoms with Gasteiger partial charge in [0.1, 0.15) is 11.5 Å². The number of piperazine rings is 1. The van der Waals surface area contributed by atoms with Crippen molar-refractivity contribution >= 4 is 28.1 Å². The number of benzene rings is 1. The van der Waals surface area contributed by atoms with E-state index in [-0.39, 0.29) is 0 Å². The van der Waals surface area contributed by atoms with Gasteiger partial charge in [-0.05, 0) is 46.5 Å². The number of halogens is 3. The minimum absolute atomic E-state index is 0.313. The number of fused-ring (bicyclic) bond motifs is 1. The first kappa shape index (κ1) is 24.7. The minimum Gasteiger partial charge on any atom is -0.368 e. The molecule has 1 fully saturated rings. The standard InChI is InChI=1S/C27H28F3N5S/c28-27(29,30)24-7-6-22-25(33-24)23(21-9-17-36-19-21)18-32-26(22)31-10-12-35-15-13-34(14-16-35)11-8-20-4-2-1-3-5-20/h1-7,9,17-19H,8,10-16H2,(H,31,32). The Morgan fingerprint density at radius 3 is 2.36 bits per heavy atom. The van der Waals surface area contributed by atoms with Gasteiger partial charge in [0.2, 0.25) is 0 Å². The number of aromatic nitrogens is 2. The average Bonchev–Trinajstić information content (AvgIpc) is 3.43. The molecule has 0 saturated carbocycles. The maximum absolute atomic E-state index is 13.4. The van der Waals surface area contributed by atoms with E-state index in [1.165, 1.54) is 23.0 Å². The molecule has 3 aromatic heterocycles. The van der Waals surface area contributed by atoms with Crippen molar-refractivity contribution in [2.24, 2.45) is 0 Å². The molecular formula is C27H28F3N5S. The SMILES string of the molecule is FC(F)(F)c1ccc2c(NCCN3CCN(CCc4ccccc4)CC3)ncc(-c3ccsc3)c2n1. The maximum Gasteiger partial charge on any atom is 0.433 e. The van der Waals surface area contributed by atoms with Gasteiger partial charge < -0.3 is 10.2 Å². The molecule has 0 atom stereocenters. The van der Waals surface area contributed by atoms with Crippen molar-refractivity contribution in [1.82, 2.24) is 19.8 Å². The number of anilines is 1. The lowest BCUT2D eigenvalue weighted by Gasteiger charge is -2.34. The van der Waals surface area contributed by atoms with Crippen LogP contribution in [0.4, 0.5) is 19.0 Å². The van der Waals surface area contributed by atoms with Crippen LogP contribution >= 0.6 is 11.3 Å². The smallest absolute Gasteiger partial charge is 0.368 e. The van der Waals surface area contributed by atoms with Crippen molar-refractivity contribution < 1.29 is 13.2 Å². The fraction of sp³-hybridized carbons (Fsp3) is 0.333. The van der Waals surface area contributed by atoms with Gasteiger partial charge in [-0.25, -0.2) is 9.97 Å². The van der Waals surface area contributed by atoms with Gasteiger partial charge in [-0.3, -0.25) is 4.90 Å². The van der Waals surface area contributed by atoms with E-state index in [9.17, 15) is 13.2 Å². The van der Waals surface area contributed by atoms with Crippen LogP contribution in [0.25, 0.3) is 22.0 Å². The fourth-order valence-corrected chi connectivity index (χ4v) is 5.20. The maximum atomic E-state index is 13.4. The molecule has 0 bridgehead atoms. The molecule has 0 spiro atoms. The molecule has 36 heavy (non-hydrogen) atoms. The summed E-state index contributed by atoms with van der Waals surface area (Å²) in [5.74, 6) is 0.562. The highest BCUT2D eigenvalue weighted by molar-refractivity contribution is 7.08. The highest BCUT2D eigenvalue weighted by Crippen LogP contribution is 2.35. The van der Waals surface area contributed by atoms with Gasteiger partial charge in [0.05, 0.1) is 5.52 Å². The third-order valence-corrected chi connectivity index (χ3v) is 7.28. The Hall–Kier alpha value is -3.01. The Kier molecular flexibility index (Phi) is 7.50. The molecule has 1 aliphatic rings. The van der Waals surface area contributed by atoms with Gasteiger partial charge in [-0.1, -0.05) is 30.3 Å². The Morgan fingerprint density at radius 2 is 1.67 bits per heavy atom. The zero-order chi connectivity index (χ0) is 25.0. The molecule has 4 aromatic rings. The second-order valence-corrected chi connectivity index (χ2v) is 9.75. The molecule has 1 aromatic carbocycles. The molecule has 0 radical (unpaired) electrons. The molecule has 0 amide bonds. The zero-order valence-corrected chi connectivity index (χ0v) is 20.7. The second-order valence-electron chi connectivity index (χ2n) is 8.97. The normalized spacial score (nSPS) is 15.4. The first-order valence-corrected chi connectivity index (χ1v) is 13.0. The molecule has 5 rings (SSSR count). The van der Waals surface area contributed by atoms with Gasteiger partial charge in [-0.15, -0.1) is 0 Å². The van der Waals surface area contributed by atoms with Crippen molar-refractivity contribution in [3.63, 3.8) is 0 Å². The van der Waals surface area contributed by atoms with Crippen LogP contribution in [-0.2, 0) is 12.6 Å².